The number of nitrogen functional groups attached to an aromatic ring is 1. The van der Waals surface area contributed by atoms with E-state index in [9.17, 15) is 0 Å². The molecule has 2 N–H and O–H groups in total. The van der Waals surface area contributed by atoms with Crippen LogP contribution in [0.2, 0.25) is 0 Å². The van der Waals surface area contributed by atoms with Crippen LogP contribution in [0, 0.1) is 3.70 Å². The van der Waals surface area contributed by atoms with Crippen molar-refractivity contribution in [1.82, 2.24) is 5.16 Å². The number of anilines is 1. The number of aromatic nitrogens is 1. The molecule has 0 aliphatic heterocycles. The van der Waals surface area contributed by atoms with E-state index in [1.807, 2.05) is 22.6 Å². The Morgan fingerprint density at radius 3 is 2.71 bits per heavy atom. The molecule has 0 saturated heterocycles. The van der Waals surface area contributed by atoms with Gasteiger partial charge in [-0.15, -0.1) is 0 Å². The molecular formula is C3H3IN2O. The number of nitrogens with two attached hydrogens (primary N) is 1. The Bertz CT molecular complexity index is 145. The molecule has 0 amide bonds. The highest BCUT2D eigenvalue weighted by atomic mass is 127. The lowest BCUT2D eigenvalue weighted by molar-refractivity contribution is 0.431. The highest BCUT2D eigenvalue weighted by molar-refractivity contribution is 14.1. The molecule has 1 rings (SSSR count). The lowest BCUT2D eigenvalue weighted by atomic mass is 10.7. The van der Waals surface area contributed by atoms with Crippen molar-refractivity contribution in [2.24, 2.45) is 0 Å². The number of hydrogen-bond acceptors (Lipinski definition) is 3. The van der Waals surface area contributed by atoms with Crippen molar-refractivity contribution < 1.29 is 4.52 Å². The third kappa shape index (κ3) is 1.05. The third-order valence-electron chi connectivity index (χ3n) is 0.500. The highest BCUT2D eigenvalue weighted by Gasteiger charge is 1.90. The fourth-order valence-electron chi connectivity index (χ4n) is 0.266. The standard InChI is InChI=1S/C3H3IN2O/c4-2-1-3(5)7-6-2/h1H,5H2. The first-order valence-corrected chi connectivity index (χ1v) is 2.74. The smallest absolute Gasteiger partial charge is 0.223 e. The minimum atomic E-state index is 0.365. The van der Waals surface area contributed by atoms with E-state index in [-0.39, 0.29) is 0 Å². The molecule has 0 unspecified atom stereocenters. The predicted octanol–water partition coefficient (Wildman–Crippen LogP) is 0.861. The summed E-state index contributed by atoms with van der Waals surface area (Å²) in [7, 11) is 0. The molecule has 1 aromatic heterocycles. The van der Waals surface area contributed by atoms with Crippen molar-refractivity contribution in [2.45, 2.75) is 0 Å². The minimum absolute atomic E-state index is 0.365. The van der Waals surface area contributed by atoms with Gasteiger partial charge in [0, 0.05) is 6.07 Å². The van der Waals surface area contributed by atoms with Crippen LogP contribution in [0.4, 0.5) is 5.88 Å². The van der Waals surface area contributed by atoms with E-state index in [0.717, 1.165) is 3.70 Å². The summed E-state index contributed by atoms with van der Waals surface area (Å²) in [6.07, 6.45) is 0. The molecule has 0 spiro atoms. The highest BCUT2D eigenvalue weighted by Crippen LogP contribution is 2.05. The Hall–Kier alpha value is -0.260. The Kier molecular flexibility index (Phi) is 1.18. The van der Waals surface area contributed by atoms with Crippen molar-refractivity contribution >= 4 is 28.5 Å². The van der Waals surface area contributed by atoms with E-state index >= 15 is 0 Å². The van der Waals surface area contributed by atoms with Crippen LogP contribution in [0.15, 0.2) is 10.6 Å². The molecule has 0 saturated carbocycles. The van der Waals surface area contributed by atoms with Gasteiger partial charge in [0.05, 0.1) is 0 Å². The average Bonchev–Trinajstić information content (AvgIpc) is 1.87. The Balaban J connectivity index is 3.04. The average molecular weight is 210 g/mol. The summed E-state index contributed by atoms with van der Waals surface area (Å²) in [6, 6.07) is 1.65. The van der Waals surface area contributed by atoms with Gasteiger partial charge in [0.25, 0.3) is 0 Å². The molecule has 0 aromatic carbocycles. The summed E-state index contributed by atoms with van der Waals surface area (Å²) in [5.74, 6) is 0.365. The second-order valence-electron chi connectivity index (χ2n) is 1.05. The maximum atomic E-state index is 5.14. The fourth-order valence-corrected chi connectivity index (χ4v) is 0.672. The lowest BCUT2D eigenvalue weighted by Crippen LogP contribution is -1.75. The third-order valence-corrected chi connectivity index (χ3v) is 1.01. The van der Waals surface area contributed by atoms with E-state index < -0.39 is 0 Å². The number of rotatable bonds is 0. The van der Waals surface area contributed by atoms with Crippen LogP contribution in [-0.2, 0) is 0 Å². The molecule has 0 radical (unpaired) electrons. The monoisotopic (exact) mass is 210 g/mol. The number of hydrogen-bond donors (Lipinski definition) is 1. The lowest BCUT2D eigenvalue weighted by Gasteiger charge is -1.67. The van der Waals surface area contributed by atoms with Gasteiger partial charge in [-0.1, -0.05) is 5.16 Å². The minimum Gasteiger partial charge on any atom is -0.368 e. The van der Waals surface area contributed by atoms with Gasteiger partial charge in [-0.05, 0) is 22.6 Å². The zero-order valence-corrected chi connectivity index (χ0v) is 5.55. The van der Waals surface area contributed by atoms with Crippen LogP contribution < -0.4 is 5.73 Å². The summed E-state index contributed by atoms with van der Waals surface area (Å²) < 4.78 is 5.27. The molecule has 3 nitrogen and oxygen atoms in total. The summed E-state index contributed by atoms with van der Waals surface area (Å²) in [5, 5.41) is 3.50. The normalized spacial score (nSPS) is 9.29. The molecular weight excluding hydrogens is 207 g/mol. The summed E-state index contributed by atoms with van der Waals surface area (Å²) >= 11 is 2.02. The topological polar surface area (TPSA) is 52.0 Å². The molecule has 0 aliphatic carbocycles. The SMILES string of the molecule is Nc1cc(I)no1. The number of nitrogens with zero attached hydrogens (tertiary/aromatic N) is 1. The summed E-state index contributed by atoms with van der Waals surface area (Å²) in [4.78, 5) is 0. The van der Waals surface area contributed by atoms with Gasteiger partial charge in [0.2, 0.25) is 5.88 Å². The van der Waals surface area contributed by atoms with Crippen molar-refractivity contribution in [3.8, 4) is 0 Å². The Morgan fingerprint density at radius 2 is 2.57 bits per heavy atom. The van der Waals surface area contributed by atoms with Crippen LogP contribution >= 0.6 is 22.6 Å². The molecule has 0 atom stereocenters. The van der Waals surface area contributed by atoms with Crippen LogP contribution in [0.5, 0.6) is 0 Å². The molecule has 0 fully saturated rings. The second-order valence-corrected chi connectivity index (χ2v) is 2.16. The van der Waals surface area contributed by atoms with Gasteiger partial charge < -0.3 is 10.3 Å². The van der Waals surface area contributed by atoms with Gasteiger partial charge in [-0.2, -0.15) is 0 Å². The molecule has 1 heterocycles. The van der Waals surface area contributed by atoms with E-state index in [1.54, 1.807) is 6.07 Å². The molecule has 0 aliphatic rings. The van der Waals surface area contributed by atoms with Crippen molar-refractivity contribution in [3.63, 3.8) is 0 Å². The van der Waals surface area contributed by atoms with Gasteiger partial charge in [0.1, 0.15) is 3.70 Å². The molecule has 7 heavy (non-hydrogen) atoms. The van der Waals surface area contributed by atoms with Crippen LogP contribution in [0.1, 0.15) is 0 Å². The van der Waals surface area contributed by atoms with E-state index in [1.165, 1.54) is 0 Å². The predicted molar refractivity (Wildman–Crippen MR) is 33.6 cm³/mol. The van der Waals surface area contributed by atoms with Crippen LogP contribution in [-0.4, -0.2) is 5.16 Å². The quantitative estimate of drug-likeness (QED) is 0.646. The van der Waals surface area contributed by atoms with E-state index in [0.29, 0.717) is 5.88 Å². The molecule has 38 valence electrons. The van der Waals surface area contributed by atoms with Crippen LogP contribution in [0.25, 0.3) is 0 Å². The van der Waals surface area contributed by atoms with Gasteiger partial charge in [-0.25, -0.2) is 0 Å². The molecule has 4 heteroatoms. The van der Waals surface area contributed by atoms with Gasteiger partial charge >= 0.3 is 0 Å². The van der Waals surface area contributed by atoms with Crippen molar-refractivity contribution in [2.75, 3.05) is 5.73 Å². The van der Waals surface area contributed by atoms with Crippen molar-refractivity contribution in [3.05, 3.63) is 9.77 Å². The van der Waals surface area contributed by atoms with Gasteiger partial charge in [-0.3, -0.25) is 0 Å². The zero-order valence-electron chi connectivity index (χ0n) is 3.39. The first kappa shape index (κ1) is 4.89. The first-order valence-electron chi connectivity index (χ1n) is 1.67. The second kappa shape index (κ2) is 1.69. The summed E-state index contributed by atoms with van der Waals surface area (Å²) in [6.45, 7) is 0. The molecule has 0 bridgehead atoms. The Morgan fingerprint density at radius 1 is 1.86 bits per heavy atom. The largest absolute Gasteiger partial charge is 0.368 e. The van der Waals surface area contributed by atoms with Gasteiger partial charge in [0.15, 0.2) is 0 Å². The van der Waals surface area contributed by atoms with Crippen LogP contribution in [0.3, 0.4) is 0 Å². The maximum absolute atomic E-state index is 5.14. The molecule has 1 aromatic rings. The maximum Gasteiger partial charge on any atom is 0.223 e. The summed E-state index contributed by atoms with van der Waals surface area (Å²) in [5.41, 5.74) is 5.14. The Labute approximate surface area is 54.0 Å². The van der Waals surface area contributed by atoms with E-state index in [4.69, 9.17) is 5.73 Å². The van der Waals surface area contributed by atoms with E-state index in [2.05, 4.69) is 9.68 Å². The number of halogens is 1. The first-order chi connectivity index (χ1) is 3.29. The zero-order chi connectivity index (χ0) is 5.28. The van der Waals surface area contributed by atoms with Crippen molar-refractivity contribution in [1.29, 1.82) is 0 Å². The fraction of sp³-hybridized carbons (Fsp3) is 0.